The molecular formula is C23H22O5. The number of cyclic esters (lactones) is 2. The van der Waals surface area contributed by atoms with Gasteiger partial charge < -0.3 is 9.47 Å². The first-order chi connectivity index (χ1) is 13.4. The molecule has 0 unspecified atom stereocenters. The van der Waals surface area contributed by atoms with Gasteiger partial charge in [-0.1, -0.05) is 79.9 Å². The molecule has 2 aromatic rings. The van der Waals surface area contributed by atoms with Gasteiger partial charge in [0.2, 0.25) is 0 Å². The molecule has 0 aliphatic carbocycles. The van der Waals surface area contributed by atoms with Crippen molar-refractivity contribution in [2.75, 3.05) is 0 Å². The van der Waals surface area contributed by atoms with Gasteiger partial charge in [0.05, 0.1) is 0 Å². The summed E-state index contributed by atoms with van der Waals surface area (Å²) in [4.78, 5) is 30.8. The Bertz CT molecular complexity index is 820. The third-order valence-electron chi connectivity index (χ3n) is 3.15. The molecule has 0 bridgehead atoms. The molecule has 0 atom stereocenters. The summed E-state index contributed by atoms with van der Waals surface area (Å²) in [6.07, 6.45) is 4.00. The van der Waals surface area contributed by atoms with Crippen LogP contribution in [0.25, 0.3) is 6.08 Å². The second-order valence-electron chi connectivity index (χ2n) is 5.53. The van der Waals surface area contributed by atoms with Crippen LogP contribution in [0.2, 0.25) is 0 Å². The second-order valence-corrected chi connectivity index (χ2v) is 5.53. The molecular weight excluding hydrogens is 356 g/mol. The molecule has 0 N–H and O–H groups in total. The summed E-state index contributed by atoms with van der Waals surface area (Å²) in [5, 5.41) is 0. The molecule has 5 heteroatoms. The molecule has 0 saturated carbocycles. The maximum Gasteiger partial charge on any atom is 0.338 e. The first kappa shape index (κ1) is 22.3. The Morgan fingerprint density at radius 1 is 0.964 bits per heavy atom. The van der Waals surface area contributed by atoms with Gasteiger partial charge in [-0.15, -0.1) is 0 Å². The smallest absolute Gasteiger partial charge is 0.338 e. The lowest BCUT2D eigenvalue weighted by Crippen LogP contribution is -2.04. The van der Waals surface area contributed by atoms with Gasteiger partial charge in [0.1, 0.15) is 6.61 Å². The molecule has 1 heterocycles. The minimum atomic E-state index is -0.579. The van der Waals surface area contributed by atoms with Crippen LogP contribution in [-0.4, -0.2) is 17.9 Å². The fourth-order valence-corrected chi connectivity index (χ4v) is 1.74. The third kappa shape index (κ3) is 9.68. The Kier molecular flexibility index (Phi) is 10.0. The van der Waals surface area contributed by atoms with Gasteiger partial charge in [-0.3, -0.25) is 0 Å². The molecule has 0 aromatic heterocycles. The molecule has 0 spiro atoms. The highest BCUT2D eigenvalue weighted by Crippen LogP contribution is 2.02. The van der Waals surface area contributed by atoms with Crippen LogP contribution in [0, 0.1) is 0 Å². The van der Waals surface area contributed by atoms with E-state index in [-0.39, 0.29) is 5.97 Å². The molecule has 0 fully saturated rings. The summed E-state index contributed by atoms with van der Waals surface area (Å²) in [5.74, 6) is -1.50. The van der Waals surface area contributed by atoms with Crippen molar-refractivity contribution < 1.29 is 23.9 Å². The molecule has 0 amide bonds. The first-order valence-corrected chi connectivity index (χ1v) is 8.40. The minimum absolute atomic E-state index is 0.312. The van der Waals surface area contributed by atoms with Crippen LogP contribution in [0.5, 0.6) is 0 Å². The van der Waals surface area contributed by atoms with E-state index < -0.39 is 11.9 Å². The SMILES string of the molecule is C=C(C)C(=O)OCc1ccccc1.C=Cc1ccccc1.O=C1C=CC(=O)O1. The molecule has 1 aliphatic rings. The molecule has 144 valence electrons. The van der Waals surface area contributed by atoms with E-state index in [0.717, 1.165) is 17.7 Å². The van der Waals surface area contributed by atoms with Crippen molar-refractivity contribution in [2.24, 2.45) is 0 Å². The van der Waals surface area contributed by atoms with E-state index in [9.17, 15) is 14.4 Å². The predicted octanol–water partition coefficient (Wildman–Crippen LogP) is 4.26. The number of ether oxygens (including phenoxy) is 2. The van der Waals surface area contributed by atoms with Crippen molar-refractivity contribution in [1.29, 1.82) is 0 Å². The number of carbonyl (C=O) groups is 3. The van der Waals surface area contributed by atoms with E-state index in [2.05, 4.69) is 17.9 Å². The molecule has 0 saturated heterocycles. The summed E-state index contributed by atoms with van der Waals surface area (Å²) in [7, 11) is 0. The van der Waals surface area contributed by atoms with Crippen molar-refractivity contribution in [2.45, 2.75) is 13.5 Å². The number of hydrogen-bond acceptors (Lipinski definition) is 5. The average molecular weight is 378 g/mol. The lowest BCUT2D eigenvalue weighted by molar-refractivity contribution is -0.150. The molecule has 5 nitrogen and oxygen atoms in total. The zero-order chi connectivity index (χ0) is 20.8. The van der Waals surface area contributed by atoms with Gasteiger partial charge in [-0.25, -0.2) is 14.4 Å². The van der Waals surface area contributed by atoms with Gasteiger partial charge in [-0.2, -0.15) is 0 Å². The summed E-state index contributed by atoms with van der Waals surface area (Å²) < 4.78 is 8.92. The van der Waals surface area contributed by atoms with Crippen LogP contribution < -0.4 is 0 Å². The topological polar surface area (TPSA) is 69.7 Å². The summed E-state index contributed by atoms with van der Waals surface area (Å²) in [6, 6.07) is 19.6. The first-order valence-electron chi connectivity index (χ1n) is 8.40. The Balaban J connectivity index is 0.000000224. The standard InChI is InChI=1S/C11H12O2.C8H8.C4H2O3/c1-9(2)11(12)13-8-10-6-4-3-5-7-10;1-2-8-6-4-3-5-7-8;5-3-1-2-4(6)7-3/h3-7H,1,8H2,2H3;2-7H,1H2;1-2H. The van der Waals surface area contributed by atoms with Gasteiger partial charge in [-0.05, 0) is 18.1 Å². The van der Waals surface area contributed by atoms with E-state index in [0.29, 0.717) is 12.2 Å². The maximum absolute atomic E-state index is 11.0. The largest absolute Gasteiger partial charge is 0.457 e. The van der Waals surface area contributed by atoms with Crippen LogP contribution in [-0.2, 0) is 30.5 Å². The number of esters is 3. The summed E-state index contributed by atoms with van der Waals surface area (Å²) in [6.45, 7) is 9.07. The van der Waals surface area contributed by atoms with E-state index in [1.54, 1.807) is 6.92 Å². The van der Waals surface area contributed by atoms with Gasteiger partial charge >= 0.3 is 17.9 Å². The number of rotatable bonds is 4. The van der Waals surface area contributed by atoms with Gasteiger partial charge in [0, 0.05) is 17.7 Å². The Labute approximate surface area is 164 Å². The highest BCUT2D eigenvalue weighted by atomic mass is 16.6. The zero-order valence-corrected chi connectivity index (χ0v) is 15.7. The minimum Gasteiger partial charge on any atom is -0.457 e. The van der Waals surface area contributed by atoms with Crippen LogP contribution in [0.1, 0.15) is 18.1 Å². The van der Waals surface area contributed by atoms with E-state index in [1.807, 2.05) is 66.7 Å². The van der Waals surface area contributed by atoms with Crippen LogP contribution >= 0.6 is 0 Å². The Morgan fingerprint density at radius 3 is 1.82 bits per heavy atom. The fraction of sp³-hybridized carbons (Fsp3) is 0.0870. The maximum atomic E-state index is 11.0. The number of benzene rings is 2. The van der Waals surface area contributed by atoms with Gasteiger partial charge in [0.25, 0.3) is 0 Å². The van der Waals surface area contributed by atoms with Crippen molar-refractivity contribution >= 4 is 24.0 Å². The number of carbonyl (C=O) groups excluding carboxylic acids is 3. The quantitative estimate of drug-likeness (QED) is 0.452. The van der Waals surface area contributed by atoms with E-state index in [4.69, 9.17) is 4.74 Å². The predicted molar refractivity (Wildman–Crippen MR) is 108 cm³/mol. The van der Waals surface area contributed by atoms with Gasteiger partial charge in [0.15, 0.2) is 0 Å². The monoisotopic (exact) mass is 378 g/mol. The highest BCUT2D eigenvalue weighted by molar-refractivity contribution is 6.04. The van der Waals surface area contributed by atoms with Crippen LogP contribution in [0.3, 0.4) is 0 Å². The molecule has 0 radical (unpaired) electrons. The van der Waals surface area contributed by atoms with Crippen LogP contribution in [0.4, 0.5) is 0 Å². The lowest BCUT2D eigenvalue weighted by Gasteiger charge is -2.03. The Morgan fingerprint density at radius 2 is 1.46 bits per heavy atom. The average Bonchev–Trinajstić information content (AvgIpc) is 3.11. The molecule has 2 aromatic carbocycles. The zero-order valence-electron chi connectivity index (χ0n) is 15.7. The van der Waals surface area contributed by atoms with Crippen molar-refractivity contribution in [3.8, 4) is 0 Å². The van der Waals surface area contributed by atoms with E-state index >= 15 is 0 Å². The number of hydrogen-bond donors (Lipinski definition) is 0. The second kappa shape index (κ2) is 12.6. The van der Waals surface area contributed by atoms with Crippen molar-refractivity contribution in [3.05, 3.63) is 103 Å². The highest BCUT2D eigenvalue weighted by Gasteiger charge is 2.10. The fourth-order valence-electron chi connectivity index (χ4n) is 1.74. The van der Waals surface area contributed by atoms with Crippen LogP contribution in [0.15, 0.2) is 91.5 Å². The molecule has 28 heavy (non-hydrogen) atoms. The molecule has 1 aliphatic heterocycles. The van der Waals surface area contributed by atoms with Crippen molar-refractivity contribution in [1.82, 2.24) is 0 Å². The summed E-state index contributed by atoms with van der Waals surface area (Å²) in [5.41, 5.74) is 2.58. The molecule has 3 rings (SSSR count). The lowest BCUT2D eigenvalue weighted by atomic mass is 10.2. The normalized spacial score (nSPS) is 11.2. The van der Waals surface area contributed by atoms with Crippen molar-refractivity contribution in [3.63, 3.8) is 0 Å². The third-order valence-corrected chi connectivity index (χ3v) is 3.15. The Hall–Kier alpha value is -3.73. The summed E-state index contributed by atoms with van der Waals surface area (Å²) >= 11 is 0. The van der Waals surface area contributed by atoms with E-state index in [1.165, 1.54) is 5.56 Å².